The van der Waals surface area contributed by atoms with E-state index in [1.54, 1.807) is 25.1 Å². The second kappa shape index (κ2) is 6.87. The summed E-state index contributed by atoms with van der Waals surface area (Å²) in [5.41, 5.74) is 4.50. The zero-order valence-corrected chi connectivity index (χ0v) is 15.9. The Kier molecular flexibility index (Phi) is 4.97. The molecule has 0 amide bonds. The molecule has 1 aromatic heterocycles. The molecule has 9 heteroatoms. The standard InChI is InChI=1S/C16H16N4O2S2.ClH/c1-10-5-6-14-15(19-23-18-14)16(10)24(21,22)20-13-4-2-3-11-7-8-17-9-12(11)13;/h2-6,17,20H,7-9H2,1H3;1H. The van der Waals surface area contributed by atoms with Crippen molar-refractivity contribution in [2.75, 3.05) is 11.3 Å². The lowest BCUT2D eigenvalue weighted by molar-refractivity contribution is 0.601. The van der Waals surface area contributed by atoms with Crippen LogP contribution in [0.2, 0.25) is 0 Å². The van der Waals surface area contributed by atoms with E-state index in [1.807, 2.05) is 12.1 Å². The van der Waals surface area contributed by atoms with E-state index in [2.05, 4.69) is 18.8 Å². The molecule has 2 aromatic carbocycles. The summed E-state index contributed by atoms with van der Waals surface area (Å²) in [7, 11) is -3.75. The highest BCUT2D eigenvalue weighted by molar-refractivity contribution is 7.93. The summed E-state index contributed by atoms with van der Waals surface area (Å²) in [6.07, 6.45) is 0.898. The molecule has 2 N–H and O–H groups in total. The van der Waals surface area contributed by atoms with Gasteiger partial charge in [0.25, 0.3) is 10.0 Å². The van der Waals surface area contributed by atoms with E-state index in [4.69, 9.17) is 0 Å². The number of nitrogens with zero attached hydrogens (tertiary/aromatic N) is 2. The van der Waals surface area contributed by atoms with Gasteiger partial charge < -0.3 is 5.32 Å². The van der Waals surface area contributed by atoms with Crippen molar-refractivity contribution in [1.82, 2.24) is 14.1 Å². The summed E-state index contributed by atoms with van der Waals surface area (Å²) in [4.78, 5) is 0.204. The molecule has 6 nitrogen and oxygen atoms in total. The van der Waals surface area contributed by atoms with Crippen molar-refractivity contribution in [2.24, 2.45) is 0 Å². The number of aromatic nitrogens is 2. The number of hydrogen-bond acceptors (Lipinski definition) is 6. The maximum absolute atomic E-state index is 13.0. The molecule has 132 valence electrons. The van der Waals surface area contributed by atoms with Crippen molar-refractivity contribution in [2.45, 2.75) is 24.8 Å². The van der Waals surface area contributed by atoms with Gasteiger partial charge in [0.1, 0.15) is 15.9 Å². The van der Waals surface area contributed by atoms with Gasteiger partial charge in [0.2, 0.25) is 0 Å². The highest BCUT2D eigenvalue weighted by Gasteiger charge is 2.24. The average Bonchev–Trinajstić information content (AvgIpc) is 3.02. The summed E-state index contributed by atoms with van der Waals surface area (Å²) in [5, 5.41) is 3.29. The molecular weight excluding hydrogens is 380 g/mol. The third-order valence-electron chi connectivity index (χ3n) is 4.24. The maximum Gasteiger partial charge on any atom is 0.264 e. The van der Waals surface area contributed by atoms with E-state index in [-0.39, 0.29) is 17.3 Å². The fourth-order valence-electron chi connectivity index (χ4n) is 3.07. The lowest BCUT2D eigenvalue weighted by Crippen LogP contribution is -2.25. The summed E-state index contributed by atoms with van der Waals surface area (Å²) >= 11 is 1.02. The Hall–Kier alpha value is -1.74. The Bertz CT molecular complexity index is 1030. The Labute approximate surface area is 156 Å². The summed E-state index contributed by atoms with van der Waals surface area (Å²) < 4.78 is 37.1. The largest absolute Gasteiger partial charge is 0.312 e. The van der Waals surface area contributed by atoms with Crippen LogP contribution in [0, 0.1) is 6.92 Å². The predicted octanol–water partition coefficient (Wildman–Crippen LogP) is 2.87. The molecule has 0 bridgehead atoms. The highest BCUT2D eigenvalue weighted by Crippen LogP contribution is 2.29. The molecule has 1 aliphatic rings. The van der Waals surface area contributed by atoms with Gasteiger partial charge in [0, 0.05) is 6.54 Å². The quantitative estimate of drug-likeness (QED) is 0.711. The van der Waals surface area contributed by atoms with Gasteiger partial charge >= 0.3 is 0 Å². The van der Waals surface area contributed by atoms with Crippen LogP contribution in [0.1, 0.15) is 16.7 Å². The molecule has 0 aliphatic carbocycles. The van der Waals surface area contributed by atoms with E-state index >= 15 is 0 Å². The van der Waals surface area contributed by atoms with Crippen molar-refractivity contribution in [3.63, 3.8) is 0 Å². The second-order valence-corrected chi connectivity index (χ2v) is 7.97. The molecule has 2 heterocycles. The first-order valence-corrected chi connectivity index (χ1v) is 9.84. The minimum absolute atomic E-state index is 0. The molecule has 25 heavy (non-hydrogen) atoms. The van der Waals surface area contributed by atoms with E-state index in [0.717, 1.165) is 30.3 Å². The molecular formula is C16H17ClN4O2S2. The van der Waals surface area contributed by atoms with Crippen LogP contribution in [-0.4, -0.2) is 23.7 Å². The zero-order chi connectivity index (χ0) is 16.7. The van der Waals surface area contributed by atoms with Gasteiger partial charge in [-0.1, -0.05) is 18.2 Å². The van der Waals surface area contributed by atoms with Gasteiger partial charge in [-0.05, 0) is 48.7 Å². The Morgan fingerprint density at radius 2 is 2.04 bits per heavy atom. The van der Waals surface area contributed by atoms with Crippen LogP contribution in [0.4, 0.5) is 5.69 Å². The van der Waals surface area contributed by atoms with Gasteiger partial charge in [-0.15, -0.1) is 12.4 Å². The SMILES string of the molecule is Cc1ccc2nsnc2c1S(=O)(=O)Nc1cccc2c1CNCC2.Cl. The van der Waals surface area contributed by atoms with Crippen molar-refractivity contribution in [3.8, 4) is 0 Å². The molecule has 1 aliphatic heterocycles. The molecule has 4 rings (SSSR count). The van der Waals surface area contributed by atoms with Crippen molar-refractivity contribution in [1.29, 1.82) is 0 Å². The topological polar surface area (TPSA) is 84.0 Å². The second-order valence-electron chi connectivity index (χ2n) is 5.82. The predicted molar refractivity (Wildman–Crippen MR) is 102 cm³/mol. The maximum atomic E-state index is 13.0. The lowest BCUT2D eigenvalue weighted by Gasteiger charge is -2.21. The first-order valence-electron chi connectivity index (χ1n) is 7.62. The molecule has 0 spiro atoms. The normalized spacial score (nSPS) is 14.0. The molecule has 0 unspecified atom stereocenters. The van der Waals surface area contributed by atoms with E-state index in [1.165, 1.54) is 5.56 Å². The van der Waals surface area contributed by atoms with Crippen LogP contribution in [0.25, 0.3) is 11.0 Å². The summed E-state index contributed by atoms with van der Waals surface area (Å²) in [6, 6.07) is 9.30. The van der Waals surface area contributed by atoms with Crippen LogP contribution in [0.3, 0.4) is 0 Å². The number of rotatable bonds is 3. The first-order chi connectivity index (χ1) is 11.6. The number of nitrogens with one attached hydrogen (secondary N) is 2. The number of sulfonamides is 1. The van der Waals surface area contributed by atoms with Crippen molar-refractivity contribution in [3.05, 3.63) is 47.0 Å². The molecule has 0 saturated carbocycles. The number of benzene rings is 2. The fraction of sp³-hybridized carbons (Fsp3) is 0.250. The fourth-order valence-corrected chi connectivity index (χ4v) is 5.15. The van der Waals surface area contributed by atoms with Gasteiger partial charge in [-0.2, -0.15) is 8.75 Å². The minimum Gasteiger partial charge on any atom is -0.312 e. The number of fused-ring (bicyclic) bond motifs is 2. The van der Waals surface area contributed by atoms with E-state index < -0.39 is 10.0 Å². The van der Waals surface area contributed by atoms with Crippen LogP contribution in [0.15, 0.2) is 35.2 Å². The van der Waals surface area contributed by atoms with Gasteiger partial charge in [0.05, 0.1) is 17.4 Å². The first kappa shape index (κ1) is 18.1. The Morgan fingerprint density at radius 1 is 1.20 bits per heavy atom. The third kappa shape index (κ3) is 3.22. The van der Waals surface area contributed by atoms with Gasteiger partial charge in [0.15, 0.2) is 0 Å². The minimum atomic E-state index is -3.75. The summed E-state index contributed by atoms with van der Waals surface area (Å²) in [6.45, 7) is 3.34. The smallest absolute Gasteiger partial charge is 0.264 e. The third-order valence-corrected chi connectivity index (χ3v) is 6.32. The van der Waals surface area contributed by atoms with Crippen LogP contribution < -0.4 is 10.0 Å². The van der Waals surface area contributed by atoms with Gasteiger partial charge in [-0.25, -0.2) is 8.42 Å². The van der Waals surface area contributed by atoms with Gasteiger partial charge in [-0.3, -0.25) is 4.72 Å². The lowest BCUT2D eigenvalue weighted by atomic mass is 10.00. The molecule has 0 fully saturated rings. The Morgan fingerprint density at radius 3 is 2.88 bits per heavy atom. The molecule has 0 radical (unpaired) electrons. The van der Waals surface area contributed by atoms with E-state index in [9.17, 15) is 8.42 Å². The number of anilines is 1. The monoisotopic (exact) mass is 396 g/mol. The van der Waals surface area contributed by atoms with Crippen molar-refractivity contribution < 1.29 is 8.42 Å². The number of hydrogen-bond donors (Lipinski definition) is 2. The molecule has 0 atom stereocenters. The highest BCUT2D eigenvalue weighted by atomic mass is 35.5. The van der Waals surface area contributed by atoms with Crippen LogP contribution >= 0.6 is 24.1 Å². The Balaban J connectivity index is 0.00000182. The number of aryl methyl sites for hydroxylation is 1. The molecule has 3 aromatic rings. The van der Waals surface area contributed by atoms with Crippen LogP contribution in [0.5, 0.6) is 0 Å². The van der Waals surface area contributed by atoms with Crippen molar-refractivity contribution >= 4 is 50.9 Å². The molecule has 0 saturated heterocycles. The summed E-state index contributed by atoms with van der Waals surface area (Å²) in [5.74, 6) is 0. The van der Waals surface area contributed by atoms with E-state index in [0.29, 0.717) is 28.8 Å². The zero-order valence-electron chi connectivity index (χ0n) is 13.4. The average molecular weight is 397 g/mol. The van der Waals surface area contributed by atoms with Crippen LogP contribution in [-0.2, 0) is 23.0 Å². The number of halogens is 1.